The first kappa shape index (κ1) is 16.4. The predicted octanol–water partition coefficient (Wildman–Crippen LogP) is 3.56. The minimum Gasteiger partial charge on any atom is -0.495 e. The van der Waals surface area contributed by atoms with E-state index in [2.05, 4.69) is 5.32 Å². The van der Waals surface area contributed by atoms with Gasteiger partial charge in [-0.25, -0.2) is 0 Å². The van der Waals surface area contributed by atoms with Gasteiger partial charge in [0.2, 0.25) is 0 Å². The highest BCUT2D eigenvalue weighted by Gasteiger charge is 2.20. The summed E-state index contributed by atoms with van der Waals surface area (Å²) in [7, 11) is 2.97. The Balaban J connectivity index is 2.03. The number of thioether (sulfide) groups is 1. The minimum atomic E-state index is -2.50. The van der Waals surface area contributed by atoms with Crippen molar-refractivity contribution < 1.29 is 18.3 Å². The summed E-state index contributed by atoms with van der Waals surface area (Å²) in [6, 6.07) is 3.62. The monoisotopic (exact) mass is 317 g/mol. The van der Waals surface area contributed by atoms with Crippen LogP contribution in [0, 0.1) is 5.92 Å². The molecule has 0 aliphatic heterocycles. The SMILES string of the molecule is COc1cc(CCNCC2CC2)cc(OC)c1SC(F)F. The third-order valence-electron chi connectivity index (χ3n) is 3.45. The lowest BCUT2D eigenvalue weighted by Gasteiger charge is -2.15. The van der Waals surface area contributed by atoms with Gasteiger partial charge in [-0.1, -0.05) is 0 Å². The number of methoxy groups -OCH3 is 2. The van der Waals surface area contributed by atoms with Crippen molar-refractivity contribution in [1.82, 2.24) is 5.32 Å². The van der Waals surface area contributed by atoms with E-state index in [1.165, 1.54) is 27.1 Å². The van der Waals surface area contributed by atoms with Gasteiger partial charge in [-0.2, -0.15) is 8.78 Å². The average Bonchev–Trinajstić information content (AvgIpc) is 3.28. The van der Waals surface area contributed by atoms with Gasteiger partial charge in [0, 0.05) is 0 Å². The van der Waals surface area contributed by atoms with Crippen molar-refractivity contribution >= 4 is 11.8 Å². The summed E-state index contributed by atoms with van der Waals surface area (Å²) < 4.78 is 35.7. The molecule has 21 heavy (non-hydrogen) atoms. The largest absolute Gasteiger partial charge is 0.495 e. The second kappa shape index (κ2) is 7.84. The molecular weight excluding hydrogens is 296 g/mol. The number of hydrogen-bond acceptors (Lipinski definition) is 4. The van der Waals surface area contributed by atoms with E-state index in [0.717, 1.165) is 31.0 Å². The fourth-order valence-corrected chi connectivity index (χ4v) is 2.84. The molecule has 0 atom stereocenters. The highest BCUT2D eigenvalue weighted by molar-refractivity contribution is 7.99. The summed E-state index contributed by atoms with van der Waals surface area (Å²) in [6.45, 7) is 1.93. The molecule has 3 nitrogen and oxygen atoms in total. The van der Waals surface area contributed by atoms with Crippen molar-refractivity contribution in [3.05, 3.63) is 17.7 Å². The zero-order chi connectivity index (χ0) is 15.2. The Bertz CT molecular complexity index is 442. The lowest BCUT2D eigenvalue weighted by Crippen LogP contribution is -2.19. The van der Waals surface area contributed by atoms with Gasteiger partial charge in [0.05, 0.1) is 19.1 Å². The maximum Gasteiger partial charge on any atom is 0.289 e. The number of halogens is 2. The Hall–Kier alpha value is -1.01. The summed E-state index contributed by atoms with van der Waals surface area (Å²) >= 11 is 0.451. The van der Waals surface area contributed by atoms with Crippen LogP contribution >= 0.6 is 11.8 Å². The molecule has 1 fully saturated rings. The molecule has 0 aromatic heterocycles. The van der Waals surface area contributed by atoms with Crippen LogP contribution in [0.5, 0.6) is 11.5 Å². The Kier molecular flexibility index (Phi) is 6.11. The smallest absolute Gasteiger partial charge is 0.289 e. The van der Waals surface area contributed by atoms with Crippen LogP contribution < -0.4 is 14.8 Å². The molecule has 118 valence electrons. The van der Waals surface area contributed by atoms with Crippen LogP contribution in [0.4, 0.5) is 8.78 Å². The third-order valence-corrected chi connectivity index (χ3v) is 4.26. The van der Waals surface area contributed by atoms with Crippen LogP contribution in [0.3, 0.4) is 0 Å². The summed E-state index contributed by atoms with van der Waals surface area (Å²) in [5.74, 6) is -0.772. The predicted molar refractivity (Wildman–Crippen MR) is 80.7 cm³/mol. The zero-order valence-corrected chi connectivity index (χ0v) is 13.1. The lowest BCUT2D eigenvalue weighted by atomic mass is 10.1. The fourth-order valence-electron chi connectivity index (χ4n) is 2.14. The van der Waals surface area contributed by atoms with Gasteiger partial charge in [-0.3, -0.25) is 0 Å². The Morgan fingerprint density at radius 2 is 1.86 bits per heavy atom. The van der Waals surface area contributed by atoms with Crippen molar-refractivity contribution in [3.8, 4) is 11.5 Å². The normalized spacial score (nSPS) is 14.5. The van der Waals surface area contributed by atoms with Crippen molar-refractivity contribution in [2.75, 3.05) is 27.3 Å². The Morgan fingerprint density at radius 1 is 1.24 bits per heavy atom. The van der Waals surface area contributed by atoms with Crippen LogP contribution in [0.1, 0.15) is 18.4 Å². The van der Waals surface area contributed by atoms with Gasteiger partial charge in [-0.15, -0.1) is 0 Å². The van der Waals surface area contributed by atoms with Crippen LogP contribution in [0.2, 0.25) is 0 Å². The fraction of sp³-hybridized carbons (Fsp3) is 0.600. The van der Waals surface area contributed by atoms with Gasteiger partial charge in [0.25, 0.3) is 5.76 Å². The number of ether oxygens (including phenoxy) is 2. The topological polar surface area (TPSA) is 30.5 Å². The summed E-state index contributed by atoms with van der Waals surface area (Å²) in [5.41, 5.74) is 1.02. The molecule has 2 rings (SSSR count). The molecule has 0 heterocycles. The molecule has 6 heteroatoms. The lowest BCUT2D eigenvalue weighted by molar-refractivity contribution is 0.251. The van der Waals surface area contributed by atoms with Gasteiger partial charge in [-0.05, 0) is 67.7 Å². The van der Waals surface area contributed by atoms with Crippen LogP contribution in [-0.4, -0.2) is 33.1 Å². The number of hydrogen-bond donors (Lipinski definition) is 1. The number of rotatable bonds is 9. The second-order valence-corrected chi connectivity index (χ2v) is 6.11. The van der Waals surface area contributed by atoms with Gasteiger partial charge < -0.3 is 14.8 Å². The molecular formula is C15H21F2NO2S. The van der Waals surface area contributed by atoms with Crippen LogP contribution in [0.25, 0.3) is 0 Å². The number of nitrogens with one attached hydrogen (secondary N) is 1. The molecule has 1 aliphatic carbocycles. The van der Waals surface area contributed by atoms with Crippen molar-refractivity contribution in [3.63, 3.8) is 0 Å². The summed E-state index contributed by atoms with van der Waals surface area (Å²) in [6.07, 6.45) is 3.47. The van der Waals surface area contributed by atoms with Crippen LogP contribution in [0.15, 0.2) is 17.0 Å². The van der Waals surface area contributed by atoms with E-state index in [0.29, 0.717) is 28.2 Å². The molecule has 0 unspecified atom stereocenters. The first-order valence-corrected chi connectivity index (χ1v) is 7.92. The first-order valence-electron chi connectivity index (χ1n) is 7.04. The van der Waals surface area contributed by atoms with Gasteiger partial charge in [0.1, 0.15) is 11.5 Å². The maximum absolute atomic E-state index is 12.6. The van der Waals surface area contributed by atoms with E-state index in [-0.39, 0.29) is 0 Å². The Morgan fingerprint density at radius 3 is 2.33 bits per heavy atom. The molecule has 1 saturated carbocycles. The molecule has 0 bridgehead atoms. The quantitative estimate of drug-likeness (QED) is 0.557. The van der Waals surface area contributed by atoms with E-state index >= 15 is 0 Å². The molecule has 0 amide bonds. The second-order valence-electron chi connectivity index (χ2n) is 5.11. The van der Waals surface area contributed by atoms with Crippen molar-refractivity contribution in [1.29, 1.82) is 0 Å². The minimum absolute atomic E-state index is 0.352. The molecule has 0 radical (unpaired) electrons. The van der Waals surface area contributed by atoms with Gasteiger partial charge in [0.15, 0.2) is 0 Å². The summed E-state index contributed by atoms with van der Waals surface area (Å²) in [4.78, 5) is 0.352. The van der Waals surface area contributed by atoms with Gasteiger partial charge >= 0.3 is 0 Å². The maximum atomic E-state index is 12.6. The molecule has 0 saturated heterocycles. The van der Waals surface area contributed by atoms with E-state index in [4.69, 9.17) is 9.47 Å². The molecule has 1 aliphatic rings. The number of alkyl halides is 2. The average molecular weight is 317 g/mol. The molecule has 1 aromatic rings. The first-order chi connectivity index (χ1) is 10.1. The van der Waals surface area contributed by atoms with Crippen molar-refractivity contribution in [2.24, 2.45) is 5.92 Å². The van der Waals surface area contributed by atoms with Crippen molar-refractivity contribution in [2.45, 2.75) is 29.9 Å². The van der Waals surface area contributed by atoms with E-state index in [9.17, 15) is 8.78 Å². The van der Waals surface area contributed by atoms with E-state index in [1.54, 1.807) is 0 Å². The molecule has 0 spiro atoms. The number of benzene rings is 1. The van der Waals surface area contributed by atoms with E-state index in [1.807, 2.05) is 12.1 Å². The molecule has 1 N–H and O–H groups in total. The van der Waals surface area contributed by atoms with Crippen LogP contribution in [-0.2, 0) is 6.42 Å². The highest BCUT2D eigenvalue weighted by atomic mass is 32.2. The highest BCUT2D eigenvalue weighted by Crippen LogP contribution is 2.41. The Labute approximate surface area is 128 Å². The third kappa shape index (κ3) is 5.04. The molecule has 1 aromatic carbocycles. The standard InChI is InChI=1S/C15H21F2NO2S/c1-19-12-7-11(5-6-18-9-10-3-4-10)8-13(20-2)14(12)21-15(16)17/h7-8,10,15,18H,3-6,9H2,1-2H3. The van der Waals surface area contributed by atoms with E-state index < -0.39 is 5.76 Å². The summed E-state index contributed by atoms with van der Waals surface area (Å²) in [5, 5.41) is 3.41. The zero-order valence-electron chi connectivity index (χ0n) is 12.3.